The van der Waals surface area contributed by atoms with Crippen molar-refractivity contribution in [2.24, 2.45) is 5.92 Å². The van der Waals surface area contributed by atoms with Crippen LogP contribution < -0.4 is 15.0 Å². The third kappa shape index (κ3) is 3.62. The lowest BCUT2D eigenvalue weighted by atomic mass is 10.2. The molecule has 1 saturated heterocycles. The Kier molecular flexibility index (Phi) is 4.54. The highest BCUT2D eigenvalue weighted by Crippen LogP contribution is 2.32. The number of nitrogens with one attached hydrogen (secondary N) is 1. The van der Waals surface area contributed by atoms with Crippen LogP contribution >= 0.6 is 0 Å². The maximum absolute atomic E-state index is 5.51. The SMILES string of the molecule is CCNc1ccc(N2CCN(CC3CC3)CC2)cc1OC. The first-order valence-electron chi connectivity index (χ1n) is 8.19. The first kappa shape index (κ1) is 14.5. The lowest BCUT2D eigenvalue weighted by Gasteiger charge is -2.36. The summed E-state index contributed by atoms with van der Waals surface area (Å²) in [6, 6.07) is 6.50. The minimum atomic E-state index is 0.912. The summed E-state index contributed by atoms with van der Waals surface area (Å²) in [5.74, 6) is 1.94. The standard InChI is InChI=1S/C17H27N3O/c1-3-18-16-7-6-15(12-17(16)21-2)20-10-8-19(9-11-20)13-14-4-5-14/h6-7,12,14,18H,3-5,8-11,13H2,1-2H3. The van der Waals surface area contributed by atoms with E-state index in [1.807, 2.05) is 0 Å². The van der Waals surface area contributed by atoms with Crippen molar-refractivity contribution in [2.75, 3.05) is 56.6 Å². The molecule has 1 aliphatic carbocycles. The van der Waals surface area contributed by atoms with Crippen LogP contribution in [-0.4, -0.2) is 51.3 Å². The number of anilines is 2. The first-order chi connectivity index (χ1) is 10.3. The third-order valence-corrected chi connectivity index (χ3v) is 4.50. The Labute approximate surface area is 128 Å². The average molecular weight is 289 g/mol. The molecule has 1 aliphatic heterocycles. The zero-order valence-corrected chi connectivity index (χ0v) is 13.3. The zero-order chi connectivity index (χ0) is 14.7. The molecule has 1 N–H and O–H groups in total. The van der Waals surface area contributed by atoms with Crippen molar-refractivity contribution in [1.82, 2.24) is 4.90 Å². The fraction of sp³-hybridized carbons (Fsp3) is 0.647. The number of rotatable bonds is 6. The molecule has 1 aromatic rings. The Balaban J connectivity index is 1.61. The van der Waals surface area contributed by atoms with Crippen LogP contribution in [0.1, 0.15) is 19.8 Å². The number of methoxy groups -OCH3 is 1. The Morgan fingerprint density at radius 2 is 1.95 bits per heavy atom. The van der Waals surface area contributed by atoms with Crippen LogP contribution in [0.2, 0.25) is 0 Å². The summed E-state index contributed by atoms with van der Waals surface area (Å²) in [7, 11) is 1.74. The average Bonchev–Trinajstić information content (AvgIpc) is 3.33. The van der Waals surface area contributed by atoms with Crippen molar-refractivity contribution in [2.45, 2.75) is 19.8 Å². The molecular formula is C17H27N3O. The smallest absolute Gasteiger partial charge is 0.144 e. The molecule has 0 atom stereocenters. The van der Waals surface area contributed by atoms with E-state index in [9.17, 15) is 0 Å². The highest BCUT2D eigenvalue weighted by atomic mass is 16.5. The molecule has 116 valence electrons. The molecule has 0 radical (unpaired) electrons. The normalized spacial score (nSPS) is 19.6. The number of benzene rings is 1. The lowest BCUT2D eigenvalue weighted by Crippen LogP contribution is -2.47. The Morgan fingerprint density at radius 3 is 2.57 bits per heavy atom. The van der Waals surface area contributed by atoms with Crippen LogP contribution in [0.4, 0.5) is 11.4 Å². The van der Waals surface area contributed by atoms with Crippen molar-refractivity contribution in [3.8, 4) is 5.75 Å². The second-order valence-electron chi connectivity index (χ2n) is 6.15. The van der Waals surface area contributed by atoms with E-state index >= 15 is 0 Å². The fourth-order valence-electron chi connectivity index (χ4n) is 3.07. The maximum Gasteiger partial charge on any atom is 0.144 e. The molecule has 2 aliphatic rings. The molecule has 0 bridgehead atoms. The van der Waals surface area contributed by atoms with Gasteiger partial charge in [0.05, 0.1) is 12.8 Å². The molecule has 0 spiro atoms. The van der Waals surface area contributed by atoms with E-state index in [0.717, 1.165) is 37.0 Å². The number of ether oxygens (including phenoxy) is 1. The molecule has 1 saturated carbocycles. The van der Waals surface area contributed by atoms with Gasteiger partial charge in [-0.05, 0) is 37.8 Å². The Morgan fingerprint density at radius 1 is 1.19 bits per heavy atom. The molecule has 0 aromatic heterocycles. The minimum absolute atomic E-state index is 0.912. The molecule has 4 heteroatoms. The molecule has 1 heterocycles. The van der Waals surface area contributed by atoms with E-state index in [-0.39, 0.29) is 0 Å². The van der Waals surface area contributed by atoms with Gasteiger partial charge in [-0.25, -0.2) is 0 Å². The number of hydrogen-bond acceptors (Lipinski definition) is 4. The van der Waals surface area contributed by atoms with E-state index < -0.39 is 0 Å². The van der Waals surface area contributed by atoms with Gasteiger partial charge in [0, 0.05) is 51.0 Å². The molecule has 4 nitrogen and oxygen atoms in total. The third-order valence-electron chi connectivity index (χ3n) is 4.50. The van der Waals surface area contributed by atoms with Crippen molar-refractivity contribution in [3.63, 3.8) is 0 Å². The summed E-state index contributed by atoms with van der Waals surface area (Å²) in [5, 5.41) is 3.34. The van der Waals surface area contributed by atoms with E-state index in [2.05, 4.69) is 40.2 Å². The Bertz CT molecular complexity index is 465. The van der Waals surface area contributed by atoms with Gasteiger partial charge in [0.15, 0.2) is 0 Å². The predicted octanol–water partition coefficient (Wildman–Crippen LogP) is 2.66. The quantitative estimate of drug-likeness (QED) is 0.871. The van der Waals surface area contributed by atoms with E-state index in [4.69, 9.17) is 4.74 Å². The van der Waals surface area contributed by atoms with Gasteiger partial charge in [-0.15, -0.1) is 0 Å². The molecule has 0 amide bonds. The largest absolute Gasteiger partial charge is 0.495 e. The molecular weight excluding hydrogens is 262 g/mol. The van der Waals surface area contributed by atoms with Crippen LogP contribution in [-0.2, 0) is 0 Å². The van der Waals surface area contributed by atoms with Crippen molar-refractivity contribution in [1.29, 1.82) is 0 Å². The van der Waals surface area contributed by atoms with Gasteiger partial charge < -0.3 is 15.0 Å². The first-order valence-corrected chi connectivity index (χ1v) is 8.19. The summed E-state index contributed by atoms with van der Waals surface area (Å²) < 4.78 is 5.51. The summed E-state index contributed by atoms with van der Waals surface area (Å²) >= 11 is 0. The fourth-order valence-corrected chi connectivity index (χ4v) is 3.07. The van der Waals surface area contributed by atoms with Gasteiger partial charge >= 0.3 is 0 Å². The van der Waals surface area contributed by atoms with Crippen LogP contribution in [0.15, 0.2) is 18.2 Å². The van der Waals surface area contributed by atoms with Crippen LogP contribution in [0, 0.1) is 5.92 Å². The van der Waals surface area contributed by atoms with Gasteiger partial charge in [0.25, 0.3) is 0 Å². The molecule has 2 fully saturated rings. The van der Waals surface area contributed by atoms with Crippen LogP contribution in [0.25, 0.3) is 0 Å². The zero-order valence-electron chi connectivity index (χ0n) is 13.3. The summed E-state index contributed by atoms with van der Waals surface area (Å²) in [5.41, 5.74) is 2.36. The molecule has 0 unspecified atom stereocenters. The molecule has 3 rings (SSSR count). The van der Waals surface area contributed by atoms with Gasteiger partial charge in [-0.2, -0.15) is 0 Å². The highest BCUT2D eigenvalue weighted by molar-refractivity contribution is 5.64. The maximum atomic E-state index is 5.51. The monoisotopic (exact) mass is 289 g/mol. The summed E-state index contributed by atoms with van der Waals surface area (Å²) in [6.45, 7) is 8.95. The van der Waals surface area contributed by atoms with E-state index in [1.54, 1.807) is 7.11 Å². The number of piperazine rings is 1. The molecule has 1 aromatic carbocycles. The summed E-state index contributed by atoms with van der Waals surface area (Å²) in [6.07, 6.45) is 2.90. The summed E-state index contributed by atoms with van der Waals surface area (Å²) in [4.78, 5) is 5.10. The highest BCUT2D eigenvalue weighted by Gasteiger charge is 2.26. The van der Waals surface area contributed by atoms with Crippen molar-refractivity contribution in [3.05, 3.63) is 18.2 Å². The minimum Gasteiger partial charge on any atom is -0.495 e. The van der Waals surface area contributed by atoms with Crippen LogP contribution in [0.3, 0.4) is 0 Å². The second kappa shape index (κ2) is 6.56. The lowest BCUT2D eigenvalue weighted by molar-refractivity contribution is 0.248. The van der Waals surface area contributed by atoms with Crippen LogP contribution in [0.5, 0.6) is 5.75 Å². The molecule has 21 heavy (non-hydrogen) atoms. The van der Waals surface area contributed by atoms with E-state index in [1.165, 1.54) is 38.2 Å². The number of hydrogen-bond donors (Lipinski definition) is 1. The van der Waals surface area contributed by atoms with Crippen molar-refractivity contribution < 1.29 is 4.74 Å². The predicted molar refractivity (Wildman–Crippen MR) is 88.5 cm³/mol. The van der Waals surface area contributed by atoms with Gasteiger partial charge in [0.2, 0.25) is 0 Å². The van der Waals surface area contributed by atoms with E-state index in [0.29, 0.717) is 0 Å². The Hall–Kier alpha value is -1.42. The number of nitrogens with zero attached hydrogens (tertiary/aromatic N) is 2. The van der Waals surface area contributed by atoms with Gasteiger partial charge in [0.1, 0.15) is 5.75 Å². The van der Waals surface area contributed by atoms with Gasteiger partial charge in [-0.1, -0.05) is 0 Å². The second-order valence-corrected chi connectivity index (χ2v) is 6.15. The van der Waals surface area contributed by atoms with Gasteiger partial charge in [-0.3, -0.25) is 4.90 Å². The topological polar surface area (TPSA) is 27.7 Å². The van der Waals surface area contributed by atoms with Crippen molar-refractivity contribution >= 4 is 11.4 Å².